The number of nitrogens with one attached hydrogen (secondary N) is 2. The third kappa shape index (κ3) is 5.78. The average molecular weight is 482 g/mol. The number of nitrogens with zero attached hydrogens (tertiary/aromatic N) is 1. The van der Waals surface area contributed by atoms with E-state index in [1.54, 1.807) is 50.4 Å². The fourth-order valence-corrected chi connectivity index (χ4v) is 3.81. The summed E-state index contributed by atoms with van der Waals surface area (Å²) in [7, 11) is 4.57. The van der Waals surface area contributed by atoms with Crippen molar-refractivity contribution in [2.75, 3.05) is 21.3 Å². The quantitative estimate of drug-likeness (QED) is 0.493. The second kappa shape index (κ2) is 10.7. The van der Waals surface area contributed by atoms with Crippen molar-refractivity contribution in [2.24, 2.45) is 0 Å². The van der Waals surface area contributed by atoms with Crippen molar-refractivity contribution < 1.29 is 33.8 Å². The lowest BCUT2D eigenvalue weighted by Crippen LogP contribution is -2.56. The van der Waals surface area contributed by atoms with Gasteiger partial charge in [-0.15, -0.1) is 0 Å². The van der Waals surface area contributed by atoms with E-state index in [0.717, 1.165) is 11.1 Å². The summed E-state index contributed by atoms with van der Waals surface area (Å²) in [5.74, 6) is -1.04. The van der Waals surface area contributed by atoms with Crippen LogP contribution in [0.5, 0.6) is 11.5 Å². The number of likely N-dealkylation sites (N-methyl/N-ethyl adjacent to an activating group) is 1. The first-order valence-corrected chi connectivity index (χ1v) is 10.7. The van der Waals surface area contributed by atoms with Crippen LogP contribution in [-0.4, -0.2) is 61.0 Å². The maximum Gasteiger partial charge on any atom is 0.316 e. The number of urea groups is 1. The maximum absolute atomic E-state index is 12.7. The van der Waals surface area contributed by atoms with Gasteiger partial charge in [0.05, 0.1) is 26.7 Å². The van der Waals surface area contributed by atoms with E-state index >= 15 is 0 Å². The lowest BCUT2D eigenvalue weighted by Gasteiger charge is -2.27. The Bertz CT molecular complexity index is 1190. The molecule has 0 radical (unpaired) electrons. The van der Waals surface area contributed by atoms with Crippen molar-refractivity contribution in [2.45, 2.75) is 25.4 Å². The van der Waals surface area contributed by atoms with Crippen molar-refractivity contribution in [3.63, 3.8) is 0 Å². The zero-order chi connectivity index (χ0) is 25.7. The van der Waals surface area contributed by atoms with Crippen LogP contribution in [0.3, 0.4) is 0 Å². The van der Waals surface area contributed by atoms with Gasteiger partial charge in [0.2, 0.25) is 0 Å². The summed E-state index contributed by atoms with van der Waals surface area (Å²) in [6, 6.07) is 9.12. The predicted molar refractivity (Wildman–Crippen MR) is 127 cm³/mol. The van der Waals surface area contributed by atoms with Gasteiger partial charge in [-0.2, -0.15) is 0 Å². The Morgan fingerprint density at radius 1 is 1.11 bits per heavy atom. The molecule has 2 aromatic rings. The number of carboxylic acids is 1. The fraction of sp³-hybridized carbons (Fsp3) is 0.280. The van der Waals surface area contributed by atoms with Crippen LogP contribution in [0.25, 0.3) is 11.1 Å². The van der Waals surface area contributed by atoms with E-state index in [1.807, 2.05) is 6.07 Å². The summed E-state index contributed by atoms with van der Waals surface area (Å²) >= 11 is 0. The molecule has 0 saturated heterocycles. The van der Waals surface area contributed by atoms with Crippen LogP contribution in [0.4, 0.5) is 4.79 Å². The van der Waals surface area contributed by atoms with Gasteiger partial charge in [-0.25, -0.2) is 4.79 Å². The number of hydrogen-bond acceptors (Lipinski definition) is 6. The normalized spacial score (nSPS) is 16.3. The van der Waals surface area contributed by atoms with Crippen LogP contribution < -0.4 is 20.1 Å². The molecule has 0 bridgehead atoms. The van der Waals surface area contributed by atoms with Gasteiger partial charge in [-0.1, -0.05) is 18.2 Å². The summed E-state index contributed by atoms with van der Waals surface area (Å²) in [5.41, 5.74) is 2.27. The number of amides is 3. The minimum atomic E-state index is -1.39. The Morgan fingerprint density at radius 3 is 2.51 bits per heavy atom. The number of carboxylic acid groups (broad SMARTS) is 1. The van der Waals surface area contributed by atoms with Gasteiger partial charge >= 0.3 is 12.0 Å². The number of carbonyl (C=O) groups excluding carboxylic acids is 3. The lowest BCUT2D eigenvalue weighted by molar-refractivity contribution is -0.138. The summed E-state index contributed by atoms with van der Waals surface area (Å²) < 4.78 is 10.8. The standard InChI is InChI=1S/C25H27N3O7/c1-14-13-28(2)24(32)22(23(14)31)27-25(33)26-19(12-21(29)30)16-7-5-6-15(10-16)18-11-17(34-3)8-9-20(18)35-4/h5-11,13,19,22H,12H2,1-4H3,(H,29,30)(H2,26,27,33). The summed E-state index contributed by atoms with van der Waals surface area (Å²) in [5, 5.41) is 14.4. The number of rotatable bonds is 8. The molecule has 2 atom stereocenters. The number of hydrogen-bond donors (Lipinski definition) is 3. The highest BCUT2D eigenvalue weighted by Crippen LogP contribution is 2.34. The zero-order valence-corrected chi connectivity index (χ0v) is 19.8. The summed E-state index contributed by atoms with van der Waals surface area (Å²) in [6.07, 6.45) is 0.976. The molecule has 3 rings (SSSR count). The molecule has 10 nitrogen and oxygen atoms in total. The van der Waals surface area contributed by atoms with Gasteiger partial charge in [-0.05, 0) is 42.3 Å². The van der Waals surface area contributed by atoms with Crippen molar-refractivity contribution in [1.29, 1.82) is 0 Å². The van der Waals surface area contributed by atoms with E-state index in [9.17, 15) is 24.3 Å². The van der Waals surface area contributed by atoms with E-state index in [4.69, 9.17) is 9.47 Å². The summed E-state index contributed by atoms with van der Waals surface area (Å²) in [6.45, 7) is 1.55. The van der Waals surface area contributed by atoms with E-state index < -0.39 is 42.2 Å². The second-order valence-corrected chi connectivity index (χ2v) is 8.02. The van der Waals surface area contributed by atoms with Crippen molar-refractivity contribution >= 4 is 23.7 Å². The van der Waals surface area contributed by atoms with Gasteiger partial charge in [0.25, 0.3) is 5.91 Å². The number of ketones is 1. The molecule has 184 valence electrons. The minimum Gasteiger partial charge on any atom is -0.497 e. The Morgan fingerprint density at radius 2 is 1.86 bits per heavy atom. The molecule has 1 aliphatic heterocycles. The number of ether oxygens (including phenoxy) is 2. The average Bonchev–Trinajstić information content (AvgIpc) is 2.84. The highest BCUT2D eigenvalue weighted by Gasteiger charge is 2.35. The van der Waals surface area contributed by atoms with Crippen LogP contribution >= 0.6 is 0 Å². The highest BCUT2D eigenvalue weighted by molar-refractivity contribution is 6.16. The molecular weight excluding hydrogens is 454 g/mol. The zero-order valence-electron chi connectivity index (χ0n) is 19.8. The number of Topliss-reactive ketones (excluding diaryl/α,β-unsaturated/α-hetero) is 1. The molecule has 10 heteroatoms. The van der Waals surface area contributed by atoms with Gasteiger partial charge in [0.1, 0.15) is 11.5 Å². The van der Waals surface area contributed by atoms with E-state index in [0.29, 0.717) is 22.6 Å². The highest BCUT2D eigenvalue weighted by atomic mass is 16.5. The molecule has 0 spiro atoms. The number of benzene rings is 2. The molecular formula is C25H27N3O7. The topological polar surface area (TPSA) is 134 Å². The number of aliphatic carboxylic acids is 1. The Balaban J connectivity index is 1.88. The lowest BCUT2D eigenvalue weighted by atomic mass is 9.97. The van der Waals surface area contributed by atoms with Gasteiger partial charge < -0.3 is 30.1 Å². The first-order valence-electron chi connectivity index (χ1n) is 10.7. The van der Waals surface area contributed by atoms with Crippen LogP contribution in [0, 0.1) is 0 Å². The van der Waals surface area contributed by atoms with Gasteiger partial charge in [0, 0.05) is 24.4 Å². The Hall–Kier alpha value is -4.34. The molecule has 0 fully saturated rings. The van der Waals surface area contributed by atoms with Crippen molar-refractivity contribution in [3.05, 3.63) is 59.8 Å². The van der Waals surface area contributed by atoms with E-state index in [-0.39, 0.29) is 0 Å². The molecule has 2 unspecified atom stereocenters. The number of carbonyl (C=O) groups is 4. The Kier molecular flexibility index (Phi) is 7.75. The third-order valence-corrected chi connectivity index (χ3v) is 5.60. The Labute approximate surface area is 202 Å². The van der Waals surface area contributed by atoms with E-state index in [1.165, 1.54) is 25.3 Å². The molecule has 3 amide bonds. The molecule has 2 aromatic carbocycles. The predicted octanol–water partition coefficient (Wildman–Crippen LogP) is 2.50. The van der Waals surface area contributed by atoms with E-state index in [2.05, 4.69) is 10.6 Å². The second-order valence-electron chi connectivity index (χ2n) is 8.02. The van der Waals surface area contributed by atoms with Crippen LogP contribution in [0.2, 0.25) is 0 Å². The minimum absolute atomic E-state index is 0.319. The molecule has 0 aromatic heterocycles. The van der Waals surface area contributed by atoms with Crippen LogP contribution in [0.15, 0.2) is 54.2 Å². The molecule has 1 heterocycles. The molecule has 0 aliphatic carbocycles. The summed E-state index contributed by atoms with van der Waals surface area (Å²) in [4.78, 5) is 50.3. The van der Waals surface area contributed by atoms with Crippen molar-refractivity contribution in [3.8, 4) is 22.6 Å². The SMILES string of the molecule is COc1ccc(OC)c(-c2cccc(C(CC(=O)O)NC(=O)NC3C(=O)C(C)=CN(C)C3=O)c2)c1. The largest absolute Gasteiger partial charge is 0.497 e. The first-order chi connectivity index (χ1) is 16.6. The van der Waals surface area contributed by atoms with Crippen LogP contribution in [0.1, 0.15) is 24.9 Å². The number of methoxy groups -OCH3 is 2. The maximum atomic E-state index is 12.7. The van der Waals surface area contributed by atoms with Crippen LogP contribution in [-0.2, 0) is 14.4 Å². The van der Waals surface area contributed by atoms with Gasteiger partial charge in [-0.3, -0.25) is 14.4 Å². The van der Waals surface area contributed by atoms with Crippen molar-refractivity contribution in [1.82, 2.24) is 15.5 Å². The first kappa shape index (κ1) is 25.3. The molecule has 0 saturated carbocycles. The smallest absolute Gasteiger partial charge is 0.316 e. The third-order valence-electron chi connectivity index (χ3n) is 5.60. The monoisotopic (exact) mass is 481 g/mol. The van der Waals surface area contributed by atoms with Gasteiger partial charge in [0.15, 0.2) is 11.8 Å². The molecule has 3 N–H and O–H groups in total. The molecule has 35 heavy (non-hydrogen) atoms. The fourth-order valence-electron chi connectivity index (χ4n) is 3.81. The molecule has 1 aliphatic rings.